The molecule has 1 amide bonds. The number of piperazine rings is 1. The SMILES string of the molecule is CC1CN(c2cc(Cl)cnc2N2CCN(C(=O)OC(C)(C)C)C[C@@H]2C)C1. The van der Waals surface area contributed by atoms with Gasteiger partial charge in [-0.1, -0.05) is 18.5 Å². The van der Waals surface area contributed by atoms with Crippen molar-refractivity contribution in [1.82, 2.24) is 9.88 Å². The molecule has 0 radical (unpaired) electrons. The number of amides is 1. The van der Waals surface area contributed by atoms with Gasteiger partial charge in [-0.3, -0.25) is 0 Å². The number of anilines is 2. The highest BCUT2D eigenvalue weighted by Crippen LogP contribution is 2.35. The van der Waals surface area contributed by atoms with Gasteiger partial charge in [-0.2, -0.15) is 0 Å². The summed E-state index contributed by atoms with van der Waals surface area (Å²) < 4.78 is 5.51. The minimum atomic E-state index is -0.476. The highest BCUT2D eigenvalue weighted by molar-refractivity contribution is 6.30. The highest BCUT2D eigenvalue weighted by Gasteiger charge is 2.33. The van der Waals surface area contributed by atoms with Crippen molar-refractivity contribution >= 4 is 29.2 Å². The first-order chi connectivity index (χ1) is 12.1. The van der Waals surface area contributed by atoms with E-state index in [4.69, 9.17) is 16.3 Å². The van der Waals surface area contributed by atoms with Crippen molar-refractivity contribution in [2.45, 2.75) is 46.3 Å². The summed E-state index contributed by atoms with van der Waals surface area (Å²) in [6.07, 6.45) is 1.46. The summed E-state index contributed by atoms with van der Waals surface area (Å²) in [7, 11) is 0. The summed E-state index contributed by atoms with van der Waals surface area (Å²) in [6, 6.07) is 2.16. The first-order valence-electron chi connectivity index (χ1n) is 9.29. The Balaban J connectivity index is 1.73. The smallest absolute Gasteiger partial charge is 0.410 e. The van der Waals surface area contributed by atoms with E-state index in [1.165, 1.54) is 0 Å². The fraction of sp³-hybridized carbons (Fsp3) is 0.684. The zero-order valence-electron chi connectivity index (χ0n) is 16.3. The maximum atomic E-state index is 12.4. The Labute approximate surface area is 161 Å². The van der Waals surface area contributed by atoms with E-state index in [-0.39, 0.29) is 12.1 Å². The summed E-state index contributed by atoms with van der Waals surface area (Å²) in [6.45, 7) is 14.1. The molecule has 0 aliphatic carbocycles. The van der Waals surface area contributed by atoms with Crippen LogP contribution in [0.25, 0.3) is 0 Å². The van der Waals surface area contributed by atoms with Crippen LogP contribution in [-0.4, -0.2) is 60.3 Å². The molecule has 2 aliphatic rings. The van der Waals surface area contributed by atoms with Gasteiger partial charge in [-0.15, -0.1) is 0 Å². The van der Waals surface area contributed by atoms with Gasteiger partial charge in [0.05, 0.1) is 10.7 Å². The topological polar surface area (TPSA) is 48.9 Å². The van der Waals surface area contributed by atoms with Crippen LogP contribution in [0.4, 0.5) is 16.3 Å². The molecule has 0 aromatic carbocycles. The van der Waals surface area contributed by atoms with Crippen LogP contribution in [-0.2, 0) is 4.74 Å². The maximum absolute atomic E-state index is 12.4. The number of hydrogen-bond acceptors (Lipinski definition) is 5. The molecular weight excluding hydrogens is 352 g/mol. The van der Waals surface area contributed by atoms with Gasteiger partial charge in [0.2, 0.25) is 0 Å². The second-order valence-electron chi connectivity index (χ2n) is 8.48. The minimum Gasteiger partial charge on any atom is -0.444 e. The van der Waals surface area contributed by atoms with Gasteiger partial charge in [0.25, 0.3) is 0 Å². The standard InChI is InChI=1S/C19H29ClN4O2/c1-13-10-23(11-13)16-8-15(20)9-21-17(16)24-7-6-22(12-14(24)2)18(25)26-19(3,4)5/h8-9,13-14H,6-7,10-12H2,1-5H3/t14-/m0/s1. The highest BCUT2D eigenvalue weighted by atomic mass is 35.5. The number of carbonyl (C=O) groups excluding carboxylic acids is 1. The molecule has 3 heterocycles. The average molecular weight is 381 g/mol. The lowest BCUT2D eigenvalue weighted by Gasteiger charge is -2.44. The molecular formula is C19H29ClN4O2. The number of rotatable bonds is 2. The lowest BCUT2D eigenvalue weighted by Crippen LogP contribution is -2.55. The van der Waals surface area contributed by atoms with Crippen LogP contribution in [0, 0.1) is 5.92 Å². The lowest BCUT2D eigenvalue weighted by atomic mass is 10.0. The summed E-state index contributed by atoms with van der Waals surface area (Å²) in [5, 5.41) is 0.656. The fourth-order valence-electron chi connectivity index (χ4n) is 3.54. The molecule has 7 heteroatoms. The van der Waals surface area contributed by atoms with E-state index in [2.05, 4.69) is 28.6 Å². The third kappa shape index (κ3) is 4.17. The Kier molecular flexibility index (Phi) is 5.24. The van der Waals surface area contributed by atoms with Crippen molar-refractivity contribution in [3.8, 4) is 0 Å². The number of hydrogen-bond donors (Lipinski definition) is 0. The van der Waals surface area contributed by atoms with Gasteiger partial charge in [-0.25, -0.2) is 9.78 Å². The molecule has 1 aromatic rings. The molecule has 0 saturated carbocycles. The van der Waals surface area contributed by atoms with E-state index < -0.39 is 5.60 Å². The Morgan fingerprint density at radius 1 is 1.23 bits per heavy atom. The van der Waals surface area contributed by atoms with Crippen molar-refractivity contribution < 1.29 is 9.53 Å². The van der Waals surface area contributed by atoms with Crippen LogP contribution in [0.3, 0.4) is 0 Å². The number of halogens is 1. The fourth-order valence-corrected chi connectivity index (χ4v) is 3.69. The Morgan fingerprint density at radius 2 is 1.92 bits per heavy atom. The number of aromatic nitrogens is 1. The zero-order valence-corrected chi connectivity index (χ0v) is 17.1. The third-order valence-corrected chi connectivity index (χ3v) is 4.98. The van der Waals surface area contributed by atoms with E-state index in [0.29, 0.717) is 24.0 Å². The van der Waals surface area contributed by atoms with E-state index in [1.54, 1.807) is 11.1 Å². The minimum absolute atomic E-state index is 0.155. The molecule has 0 bridgehead atoms. The molecule has 1 aromatic heterocycles. The quantitative estimate of drug-likeness (QED) is 0.784. The average Bonchev–Trinajstić information content (AvgIpc) is 2.50. The normalized spacial score (nSPS) is 21.6. The lowest BCUT2D eigenvalue weighted by molar-refractivity contribution is 0.0218. The van der Waals surface area contributed by atoms with Gasteiger partial charge < -0.3 is 19.4 Å². The number of ether oxygens (including phenoxy) is 1. The van der Waals surface area contributed by atoms with Gasteiger partial charge >= 0.3 is 6.09 Å². The molecule has 0 spiro atoms. The van der Waals surface area contributed by atoms with Crippen LogP contribution < -0.4 is 9.80 Å². The van der Waals surface area contributed by atoms with Crippen molar-refractivity contribution in [2.75, 3.05) is 42.5 Å². The molecule has 6 nitrogen and oxygen atoms in total. The molecule has 1 atom stereocenters. The number of carbonyl (C=O) groups is 1. The summed E-state index contributed by atoms with van der Waals surface area (Å²) in [4.78, 5) is 23.4. The monoisotopic (exact) mass is 380 g/mol. The second-order valence-corrected chi connectivity index (χ2v) is 8.91. The van der Waals surface area contributed by atoms with Crippen molar-refractivity contribution in [3.05, 3.63) is 17.3 Å². The molecule has 2 aliphatic heterocycles. The van der Waals surface area contributed by atoms with Crippen LogP contribution in [0.2, 0.25) is 5.02 Å². The van der Waals surface area contributed by atoms with Crippen molar-refractivity contribution in [2.24, 2.45) is 5.92 Å². The number of pyridine rings is 1. The van der Waals surface area contributed by atoms with Crippen LogP contribution in [0.5, 0.6) is 0 Å². The molecule has 0 unspecified atom stereocenters. The van der Waals surface area contributed by atoms with Crippen LogP contribution in [0.1, 0.15) is 34.6 Å². The van der Waals surface area contributed by atoms with Crippen molar-refractivity contribution in [1.29, 1.82) is 0 Å². The van der Waals surface area contributed by atoms with Crippen LogP contribution >= 0.6 is 11.6 Å². The Hall–Kier alpha value is -1.69. The Bertz CT molecular complexity index is 670. The van der Waals surface area contributed by atoms with Gasteiger partial charge in [0.1, 0.15) is 5.60 Å². The molecule has 144 valence electrons. The van der Waals surface area contributed by atoms with E-state index >= 15 is 0 Å². The van der Waals surface area contributed by atoms with Crippen molar-refractivity contribution in [3.63, 3.8) is 0 Å². The molecule has 26 heavy (non-hydrogen) atoms. The molecule has 2 fully saturated rings. The predicted molar refractivity (Wildman–Crippen MR) is 105 cm³/mol. The molecule has 0 N–H and O–H groups in total. The van der Waals surface area contributed by atoms with Gasteiger partial charge in [0.15, 0.2) is 5.82 Å². The van der Waals surface area contributed by atoms with Crippen LogP contribution in [0.15, 0.2) is 12.3 Å². The summed E-state index contributed by atoms with van der Waals surface area (Å²) >= 11 is 6.20. The first kappa shape index (κ1) is 19.1. The predicted octanol–water partition coefficient (Wildman–Crippen LogP) is 3.64. The first-order valence-corrected chi connectivity index (χ1v) is 9.67. The summed E-state index contributed by atoms with van der Waals surface area (Å²) in [5.41, 5.74) is 0.615. The molecule has 2 saturated heterocycles. The third-order valence-electron chi connectivity index (χ3n) is 4.77. The van der Waals surface area contributed by atoms with Gasteiger partial charge in [0, 0.05) is 45.0 Å². The maximum Gasteiger partial charge on any atom is 0.410 e. The van der Waals surface area contributed by atoms with E-state index in [0.717, 1.165) is 31.1 Å². The largest absolute Gasteiger partial charge is 0.444 e. The Morgan fingerprint density at radius 3 is 2.50 bits per heavy atom. The number of nitrogens with zero attached hydrogens (tertiary/aromatic N) is 4. The van der Waals surface area contributed by atoms with E-state index in [9.17, 15) is 4.79 Å². The van der Waals surface area contributed by atoms with Gasteiger partial charge in [-0.05, 0) is 39.7 Å². The summed E-state index contributed by atoms with van der Waals surface area (Å²) in [5.74, 6) is 1.65. The van der Waals surface area contributed by atoms with E-state index in [1.807, 2.05) is 26.8 Å². The zero-order chi connectivity index (χ0) is 19.1. The molecule has 3 rings (SSSR count). The second kappa shape index (κ2) is 7.14.